The number of hydrogen-bond acceptors (Lipinski definition) is 3. The molecule has 0 aromatic carbocycles. The van der Waals surface area contributed by atoms with Crippen LogP contribution in [-0.4, -0.2) is 28.8 Å². The molecule has 1 rings (SSSR count). The lowest BCUT2D eigenvalue weighted by Gasteiger charge is -2.11. The zero-order valence-electron chi connectivity index (χ0n) is 10.4. The molecule has 1 unspecified atom stereocenters. The summed E-state index contributed by atoms with van der Waals surface area (Å²) in [5.41, 5.74) is 5.41. The van der Waals surface area contributed by atoms with Gasteiger partial charge in [-0.15, -0.1) is 0 Å². The number of carbonyl (C=O) groups excluding carboxylic acids is 1. The van der Waals surface area contributed by atoms with E-state index in [1.165, 1.54) is 0 Å². The van der Waals surface area contributed by atoms with Crippen molar-refractivity contribution in [3.8, 4) is 0 Å². The van der Waals surface area contributed by atoms with Crippen molar-refractivity contribution in [2.45, 2.75) is 32.7 Å². The Balaban J connectivity index is 2.07. The molecule has 1 aromatic rings. The number of nitrogens with zero attached hydrogens (tertiary/aromatic N) is 2. The predicted octanol–water partition coefficient (Wildman–Crippen LogP) is 0.764. The minimum absolute atomic E-state index is 0.0586. The van der Waals surface area contributed by atoms with Gasteiger partial charge in [0.15, 0.2) is 0 Å². The highest BCUT2D eigenvalue weighted by Gasteiger charge is 2.10. The number of nitrogens with two attached hydrogens (primary N) is 1. The van der Waals surface area contributed by atoms with Gasteiger partial charge >= 0.3 is 0 Å². The van der Waals surface area contributed by atoms with E-state index in [0.29, 0.717) is 13.1 Å². The molecule has 1 atom stereocenters. The Bertz CT molecular complexity index is 310. The second-order valence-corrected chi connectivity index (χ2v) is 4.25. The fourth-order valence-corrected chi connectivity index (χ4v) is 1.61. The van der Waals surface area contributed by atoms with Crippen LogP contribution in [0.25, 0.3) is 0 Å². The zero-order valence-corrected chi connectivity index (χ0v) is 10.4. The van der Waals surface area contributed by atoms with Crippen molar-refractivity contribution < 1.29 is 4.79 Å². The molecule has 0 aliphatic carbocycles. The summed E-state index contributed by atoms with van der Waals surface area (Å²) >= 11 is 0. The molecular weight excluding hydrogens is 216 g/mol. The van der Waals surface area contributed by atoms with Crippen molar-refractivity contribution >= 4 is 5.91 Å². The number of hydrogen-bond donors (Lipinski definition) is 2. The Labute approximate surface area is 102 Å². The molecule has 17 heavy (non-hydrogen) atoms. The molecule has 0 aliphatic heterocycles. The topological polar surface area (TPSA) is 72.9 Å². The van der Waals surface area contributed by atoms with Crippen LogP contribution in [-0.2, 0) is 11.3 Å². The van der Waals surface area contributed by atoms with Gasteiger partial charge in [0.2, 0.25) is 5.91 Å². The van der Waals surface area contributed by atoms with Gasteiger partial charge in [-0.3, -0.25) is 9.48 Å². The molecule has 0 radical (unpaired) electrons. The third kappa shape index (κ3) is 5.49. The summed E-state index contributed by atoms with van der Waals surface area (Å²) in [4.78, 5) is 11.6. The minimum Gasteiger partial charge on any atom is -0.356 e. The summed E-state index contributed by atoms with van der Waals surface area (Å²) in [5.74, 6) is 0.183. The normalized spacial score (nSPS) is 12.4. The Kier molecular flexibility index (Phi) is 6.32. The van der Waals surface area contributed by atoms with Crippen LogP contribution in [0.4, 0.5) is 0 Å². The summed E-state index contributed by atoms with van der Waals surface area (Å²) in [6, 6.07) is 1.90. The lowest BCUT2D eigenvalue weighted by atomic mass is 10.1. The average molecular weight is 238 g/mol. The van der Waals surface area contributed by atoms with Crippen molar-refractivity contribution in [3.63, 3.8) is 0 Å². The SMILES string of the molecule is CC(CCCN)C(=O)NCCCn1cccn1. The van der Waals surface area contributed by atoms with Crippen molar-refractivity contribution in [3.05, 3.63) is 18.5 Å². The smallest absolute Gasteiger partial charge is 0.222 e. The lowest BCUT2D eigenvalue weighted by molar-refractivity contribution is -0.124. The largest absolute Gasteiger partial charge is 0.356 e. The van der Waals surface area contributed by atoms with Gasteiger partial charge in [-0.1, -0.05) is 6.92 Å². The van der Waals surface area contributed by atoms with Crippen molar-refractivity contribution in [2.24, 2.45) is 11.7 Å². The summed E-state index contributed by atoms with van der Waals surface area (Å²) < 4.78 is 1.87. The monoisotopic (exact) mass is 238 g/mol. The summed E-state index contributed by atoms with van der Waals surface area (Å²) in [6.07, 6.45) is 6.35. The maximum atomic E-state index is 11.6. The fraction of sp³-hybridized carbons (Fsp3) is 0.667. The maximum absolute atomic E-state index is 11.6. The molecule has 3 N–H and O–H groups in total. The highest BCUT2D eigenvalue weighted by molar-refractivity contribution is 5.78. The van der Waals surface area contributed by atoms with Crippen LogP contribution in [0.5, 0.6) is 0 Å². The van der Waals surface area contributed by atoms with Gasteiger partial charge in [0, 0.05) is 31.4 Å². The van der Waals surface area contributed by atoms with Crippen LogP contribution in [0.1, 0.15) is 26.2 Å². The Morgan fingerprint density at radius 1 is 1.53 bits per heavy atom. The summed E-state index contributed by atoms with van der Waals surface area (Å²) in [7, 11) is 0. The molecule has 0 aliphatic rings. The van der Waals surface area contributed by atoms with E-state index in [-0.39, 0.29) is 11.8 Å². The molecule has 0 spiro atoms. The highest BCUT2D eigenvalue weighted by Crippen LogP contribution is 2.04. The molecule has 1 amide bonds. The lowest BCUT2D eigenvalue weighted by Crippen LogP contribution is -2.30. The third-order valence-electron chi connectivity index (χ3n) is 2.71. The molecule has 5 heteroatoms. The molecule has 5 nitrogen and oxygen atoms in total. The molecule has 1 heterocycles. The van der Waals surface area contributed by atoms with Gasteiger partial charge in [0.05, 0.1) is 0 Å². The predicted molar refractivity (Wildman–Crippen MR) is 67.3 cm³/mol. The van der Waals surface area contributed by atoms with Crippen molar-refractivity contribution in [2.75, 3.05) is 13.1 Å². The standard InChI is InChI=1S/C12H22N4O/c1-11(5-2-6-13)12(17)14-7-3-9-16-10-4-8-15-16/h4,8,10-11H,2-3,5-7,9,13H2,1H3,(H,14,17). The van der Waals surface area contributed by atoms with E-state index >= 15 is 0 Å². The van der Waals surface area contributed by atoms with Crippen LogP contribution < -0.4 is 11.1 Å². The summed E-state index contributed by atoms with van der Waals surface area (Å²) in [5, 5.41) is 7.03. The van der Waals surface area contributed by atoms with E-state index in [1.807, 2.05) is 23.9 Å². The van der Waals surface area contributed by atoms with E-state index in [4.69, 9.17) is 5.73 Å². The molecule has 0 saturated carbocycles. The van der Waals surface area contributed by atoms with Crippen molar-refractivity contribution in [1.82, 2.24) is 15.1 Å². The first-order valence-electron chi connectivity index (χ1n) is 6.19. The van der Waals surface area contributed by atoms with Gasteiger partial charge in [0.25, 0.3) is 0 Å². The second-order valence-electron chi connectivity index (χ2n) is 4.25. The minimum atomic E-state index is 0.0586. The number of amides is 1. The third-order valence-corrected chi connectivity index (χ3v) is 2.71. The first-order chi connectivity index (χ1) is 8.24. The molecule has 0 fully saturated rings. The molecular formula is C12H22N4O. The van der Waals surface area contributed by atoms with Gasteiger partial charge in [-0.05, 0) is 31.9 Å². The number of nitrogens with one attached hydrogen (secondary N) is 1. The van der Waals surface area contributed by atoms with E-state index in [2.05, 4.69) is 10.4 Å². The van der Waals surface area contributed by atoms with E-state index < -0.39 is 0 Å². The molecule has 96 valence electrons. The quantitative estimate of drug-likeness (QED) is 0.657. The van der Waals surface area contributed by atoms with E-state index in [9.17, 15) is 4.79 Å². The van der Waals surface area contributed by atoms with E-state index in [0.717, 1.165) is 25.8 Å². The van der Waals surface area contributed by atoms with Gasteiger partial charge in [-0.25, -0.2) is 0 Å². The number of rotatable bonds is 8. The zero-order chi connectivity index (χ0) is 12.5. The first kappa shape index (κ1) is 13.7. The second kappa shape index (κ2) is 7.84. The number of aryl methyl sites for hydroxylation is 1. The number of carbonyl (C=O) groups is 1. The van der Waals surface area contributed by atoms with Gasteiger partial charge < -0.3 is 11.1 Å². The van der Waals surface area contributed by atoms with Crippen LogP contribution in [0.15, 0.2) is 18.5 Å². The average Bonchev–Trinajstić information content (AvgIpc) is 2.84. The maximum Gasteiger partial charge on any atom is 0.222 e. The molecule has 0 bridgehead atoms. The Morgan fingerprint density at radius 3 is 3.00 bits per heavy atom. The van der Waals surface area contributed by atoms with Crippen LogP contribution in [0.3, 0.4) is 0 Å². The van der Waals surface area contributed by atoms with Crippen molar-refractivity contribution in [1.29, 1.82) is 0 Å². The van der Waals surface area contributed by atoms with Crippen LogP contribution in [0.2, 0.25) is 0 Å². The Morgan fingerprint density at radius 2 is 2.35 bits per heavy atom. The van der Waals surface area contributed by atoms with E-state index in [1.54, 1.807) is 6.20 Å². The number of aromatic nitrogens is 2. The fourth-order valence-electron chi connectivity index (χ4n) is 1.61. The highest BCUT2D eigenvalue weighted by atomic mass is 16.1. The molecule has 0 saturated heterocycles. The first-order valence-corrected chi connectivity index (χ1v) is 6.19. The Hall–Kier alpha value is -1.36. The van der Waals surface area contributed by atoms with Gasteiger partial charge in [-0.2, -0.15) is 5.10 Å². The summed E-state index contributed by atoms with van der Waals surface area (Å²) in [6.45, 7) is 4.13. The van der Waals surface area contributed by atoms with Gasteiger partial charge in [0.1, 0.15) is 0 Å². The van der Waals surface area contributed by atoms with Crippen LogP contribution in [0, 0.1) is 5.92 Å². The van der Waals surface area contributed by atoms with Crippen LogP contribution >= 0.6 is 0 Å². The molecule has 1 aromatic heterocycles.